The number of fused-ring (bicyclic) bond motifs is 1. The lowest BCUT2D eigenvalue weighted by molar-refractivity contribution is 0.663. The number of thioether (sulfide) groups is 1. The van der Waals surface area contributed by atoms with Crippen LogP contribution >= 0.6 is 23.4 Å². The summed E-state index contributed by atoms with van der Waals surface area (Å²) in [5, 5.41) is 14.2. The maximum Gasteiger partial charge on any atom is 0.159 e. The van der Waals surface area contributed by atoms with Crippen LogP contribution in [0.15, 0.2) is 24.3 Å². The number of halogens is 1. The Balaban J connectivity index is 1.94. The molecule has 0 saturated carbocycles. The van der Waals surface area contributed by atoms with E-state index in [1.807, 2.05) is 36.0 Å². The van der Waals surface area contributed by atoms with E-state index in [0.717, 1.165) is 16.6 Å². The lowest BCUT2D eigenvalue weighted by Crippen LogP contribution is -2.25. The minimum absolute atomic E-state index is 0.468. The number of hydrogen-bond donors (Lipinski definition) is 1. The highest BCUT2D eigenvalue weighted by Crippen LogP contribution is 2.27. The van der Waals surface area contributed by atoms with E-state index in [2.05, 4.69) is 15.5 Å². The molecule has 1 N–H and O–H groups in total. The van der Waals surface area contributed by atoms with Gasteiger partial charge in [0.25, 0.3) is 0 Å². The van der Waals surface area contributed by atoms with Crippen molar-refractivity contribution in [2.24, 2.45) is 0 Å². The van der Waals surface area contributed by atoms with Crippen LogP contribution in [0.4, 0.5) is 5.82 Å². The molecule has 0 bridgehead atoms. The largest absolute Gasteiger partial charge is 0.365 e. The number of anilines is 1. The zero-order valence-corrected chi connectivity index (χ0v) is 11.5. The Kier molecular flexibility index (Phi) is 3.57. The van der Waals surface area contributed by atoms with Gasteiger partial charge in [0.1, 0.15) is 0 Å². The minimum atomic E-state index is 0.468. The summed E-state index contributed by atoms with van der Waals surface area (Å²) in [4.78, 5) is 0. The van der Waals surface area contributed by atoms with Crippen molar-refractivity contribution < 1.29 is 0 Å². The van der Waals surface area contributed by atoms with E-state index >= 15 is 0 Å². The molecule has 3 nitrogen and oxygen atoms in total. The number of hydrogen-bond acceptors (Lipinski definition) is 4. The van der Waals surface area contributed by atoms with Crippen molar-refractivity contribution in [3.63, 3.8) is 0 Å². The van der Waals surface area contributed by atoms with Gasteiger partial charge in [-0.1, -0.05) is 35.9 Å². The molecule has 2 heterocycles. The zero-order chi connectivity index (χ0) is 12.4. The third-order valence-electron chi connectivity index (χ3n) is 3.20. The summed E-state index contributed by atoms with van der Waals surface area (Å²) >= 11 is 8.09. The zero-order valence-electron chi connectivity index (χ0n) is 9.90. The van der Waals surface area contributed by atoms with E-state index in [4.69, 9.17) is 11.6 Å². The van der Waals surface area contributed by atoms with Crippen molar-refractivity contribution in [3.05, 3.63) is 29.4 Å². The van der Waals surface area contributed by atoms with E-state index < -0.39 is 0 Å². The molecule has 94 valence electrons. The molecule has 0 radical (unpaired) electrons. The number of nitrogens with zero attached hydrogens (tertiary/aromatic N) is 2. The number of nitrogens with one attached hydrogen (secondary N) is 1. The highest BCUT2D eigenvalue weighted by Gasteiger charge is 2.16. The van der Waals surface area contributed by atoms with Crippen LogP contribution in [0.3, 0.4) is 0 Å². The monoisotopic (exact) mass is 279 g/mol. The molecule has 0 atom stereocenters. The van der Waals surface area contributed by atoms with E-state index in [9.17, 15) is 0 Å². The van der Waals surface area contributed by atoms with Gasteiger partial charge in [-0.3, -0.25) is 0 Å². The smallest absolute Gasteiger partial charge is 0.159 e. The summed E-state index contributed by atoms with van der Waals surface area (Å²) < 4.78 is 0. The van der Waals surface area contributed by atoms with Crippen LogP contribution in [0.5, 0.6) is 0 Å². The molecule has 3 rings (SSSR count). The van der Waals surface area contributed by atoms with Crippen molar-refractivity contribution in [1.82, 2.24) is 10.2 Å². The Bertz CT molecular complexity index is 555. The van der Waals surface area contributed by atoms with Crippen molar-refractivity contribution in [2.45, 2.75) is 18.9 Å². The summed E-state index contributed by atoms with van der Waals surface area (Å²) in [6.07, 6.45) is 2.37. The first-order valence-electron chi connectivity index (χ1n) is 6.10. The van der Waals surface area contributed by atoms with Crippen LogP contribution in [0.25, 0.3) is 10.8 Å². The Morgan fingerprint density at radius 3 is 2.61 bits per heavy atom. The molecular weight excluding hydrogens is 266 g/mol. The second kappa shape index (κ2) is 5.33. The van der Waals surface area contributed by atoms with E-state index in [-0.39, 0.29) is 0 Å². The first-order chi connectivity index (χ1) is 8.84. The second-order valence-electron chi connectivity index (χ2n) is 4.42. The van der Waals surface area contributed by atoms with Crippen LogP contribution in [-0.2, 0) is 0 Å². The Labute approximate surface area is 115 Å². The van der Waals surface area contributed by atoms with Gasteiger partial charge in [0.05, 0.1) is 0 Å². The van der Waals surface area contributed by atoms with Gasteiger partial charge in [-0.2, -0.15) is 11.8 Å². The predicted octanol–water partition coefficient (Wildman–Crippen LogP) is 3.59. The van der Waals surface area contributed by atoms with Crippen LogP contribution in [0, 0.1) is 0 Å². The van der Waals surface area contributed by atoms with Gasteiger partial charge in [-0.15, -0.1) is 10.2 Å². The van der Waals surface area contributed by atoms with Crippen LogP contribution < -0.4 is 5.32 Å². The summed E-state index contributed by atoms with van der Waals surface area (Å²) in [6.45, 7) is 0. The fourth-order valence-electron chi connectivity index (χ4n) is 2.21. The van der Waals surface area contributed by atoms with Crippen molar-refractivity contribution in [2.75, 3.05) is 16.8 Å². The molecule has 0 aliphatic carbocycles. The molecule has 1 saturated heterocycles. The van der Waals surface area contributed by atoms with Crippen LogP contribution in [0.2, 0.25) is 5.15 Å². The van der Waals surface area contributed by atoms with E-state index in [1.54, 1.807) is 0 Å². The van der Waals surface area contributed by atoms with Gasteiger partial charge >= 0.3 is 0 Å². The molecule has 1 fully saturated rings. The first-order valence-corrected chi connectivity index (χ1v) is 7.63. The standard InChI is InChI=1S/C13H14ClN3S/c14-12-10-3-1-2-4-11(10)13(17-16-12)15-9-5-7-18-8-6-9/h1-4,9H,5-8H2,(H,15,17). The predicted molar refractivity (Wildman–Crippen MR) is 78.5 cm³/mol. The number of aromatic nitrogens is 2. The van der Waals surface area contributed by atoms with Crippen LogP contribution in [0.1, 0.15) is 12.8 Å². The van der Waals surface area contributed by atoms with Gasteiger partial charge < -0.3 is 5.32 Å². The van der Waals surface area contributed by atoms with Gasteiger partial charge in [0.15, 0.2) is 11.0 Å². The van der Waals surface area contributed by atoms with Gasteiger partial charge in [-0.05, 0) is 24.3 Å². The average Bonchev–Trinajstić information content (AvgIpc) is 2.44. The van der Waals surface area contributed by atoms with E-state index in [0.29, 0.717) is 11.2 Å². The highest BCUT2D eigenvalue weighted by atomic mass is 35.5. The molecule has 1 aliphatic heterocycles. The molecule has 0 amide bonds. The fourth-order valence-corrected chi connectivity index (χ4v) is 3.52. The lowest BCUT2D eigenvalue weighted by atomic mass is 10.1. The third kappa shape index (κ3) is 2.40. The van der Waals surface area contributed by atoms with Crippen molar-refractivity contribution in [1.29, 1.82) is 0 Å². The minimum Gasteiger partial charge on any atom is -0.365 e. The van der Waals surface area contributed by atoms with Gasteiger partial charge in [0, 0.05) is 16.8 Å². The normalized spacial score (nSPS) is 16.9. The number of rotatable bonds is 2. The average molecular weight is 280 g/mol. The van der Waals surface area contributed by atoms with Gasteiger partial charge in [0.2, 0.25) is 0 Å². The van der Waals surface area contributed by atoms with Crippen molar-refractivity contribution >= 4 is 40.0 Å². The lowest BCUT2D eigenvalue weighted by Gasteiger charge is -2.23. The third-order valence-corrected chi connectivity index (χ3v) is 4.53. The molecule has 18 heavy (non-hydrogen) atoms. The first kappa shape index (κ1) is 12.1. The quantitative estimate of drug-likeness (QED) is 0.912. The summed E-state index contributed by atoms with van der Waals surface area (Å²) in [5.74, 6) is 3.29. The summed E-state index contributed by atoms with van der Waals surface area (Å²) in [6, 6.07) is 8.49. The van der Waals surface area contributed by atoms with Gasteiger partial charge in [-0.25, -0.2) is 0 Å². The fraction of sp³-hybridized carbons (Fsp3) is 0.385. The van der Waals surface area contributed by atoms with Crippen molar-refractivity contribution in [3.8, 4) is 0 Å². The Hall–Kier alpha value is -1.00. The molecule has 2 aromatic rings. The molecule has 0 unspecified atom stereocenters. The molecule has 0 spiro atoms. The maximum atomic E-state index is 6.07. The maximum absolute atomic E-state index is 6.07. The Morgan fingerprint density at radius 2 is 1.83 bits per heavy atom. The molecule has 1 aromatic carbocycles. The second-order valence-corrected chi connectivity index (χ2v) is 6.00. The van der Waals surface area contributed by atoms with E-state index in [1.165, 1.54) is 24.3 Å². The summed E-state index contributed by atoms with van der Waals surface area (Å²) in [5.41, 5.74) is 0. The molecule has 1 aliphatic rings. The SMILES string of the molecule is Clc1nnc(NC2CCSCC2)c2ccccc12. The van der Waals surface area contributed by atoms with Crippen LogP contribution in [-0.4, -0.2) is 27.7 Å². The molecule has 1 aromatic heterocycles. The highest BCUT2D eigenvalue weighted by molar-refractivity contribution is 7.99. The topological polar surface area (TPSA) is 37.8 Å². The summed E-state index contributed by atoms with van der Waals surface area (Å²) in [7, 11) is 0. The number of benzene rings is 1. The Morgan fingerprint density at radius 1 is 1.11 bits per heavy atom. The molecular formula is C13H14ClN3S. The molecule has 5 heteroatoms.